The highest BCUT2D eigenvalue weighted by Crippen LogP contribution is 2.47. The number of rotatable bonds is 5. The Balaban J connectivity index is 1.94. The fraction of sp³-hybridized carbons (Fsp3) is 0.611. The summed E-state index contributed by atoms with van der Waals surface area (Å²) >= 11 is 0.440. The van der Waals surface area contributed by atoms with Gasteiger partial charge < -0.3 is 5.32 Å². The lowest BCUT2D eigenvalue weighted by Crippen LogP contribution is -2.36. The monoisotopic (exact) mass is 454 g/mol. The summed E-state index contributed by atoms with van der Waals surface area (Å²) in [5.74, 6) is -0.677. The maximum absolute atomic E-state index is 13.1. The lowest BCUT2D eigenvalue weighted by atomic mass is 9.79. The molecule has 1 saturated carbocycles. The second-order valence-electron chi connectivity index (χ2n) is 8.00. The molecular formula is C18H20F6N4OS. The maximum Gasteiger partial charge on any atom is 0.443 e. The second-order valence-corrected chi connectivity index (χ2v) is 9.03. The Bertz CT molecular complexity index is 940. The predicted octanol–water partition coefficient (Wildman–Crippen LogP) is 5.75. The molecule has 0 saturated heterocycles. The van der Waals surface area contributed by atoms with Crippen LogP contribution in [0, 0.1) is 5.41 Å². The molecule has 0 radical (unpaired) electrons. The molecule has 2 heterocycles. The van der Waals surface area contributed by atoms with E-state index in [4.69, 9.17) is 0 Å². The van der Waals surface area contributed by atoms with E-state index in [1.807, 2.05) is 0 Å². The highest BCUT2D eigenvalue weighted by atomic mass is 32.1. The predicted molar refractivity (Wildman–Crippen MR) is 99.0 cm³/mol. The van der Waals surface area contributed by atoms with Crippen LogP contribution in [0.25, 0.3) is 10.6 Å². The zero-order valence-electron chi connectivity index (χ0n) is 16.4. The summed E-state index contributed by atoms with van der Waals surface area (Å²) in [6, 6.07) is 0. The molecule has 2 aromatic heterocycles. The molecule has 166 valence electrons. The first-order valence-corrected chi connectivity index (χ1v) is 9.99. The Labute approximate surface area is 172 Å². The van der Waals surface area contributed by atoms with Crippen LogP contribution >= 0.6 is 11.3 Å². The van der Waals surface area contributed by atoms with Crippen LogP contribution in [0.5, 0.6) is 0 Å². The van der Waals surface area contributed by atoms with Crippen molar-refractivity contribution >= 4 is 23.1 Å². The lowest BCUT2D eigenvalue weighted by molar-refractivity contribution is -0.213. The van der Waals surface area contributed by atoms with Crippen molar-refractivity contribution in [2.24, 2.45) is 12.5 Å². The number of nitrogens with zero attached hydrogens (tertiary/aromatic N) is 3. The number of carbonyl (C=O) groups is 1. The molecule has 5 nitrogen and oxygen atoms in total. The van der Waals surface area contributed by atoms with Crippen LogP contribution in [0.4, 0.5) is 32.2 Å². The number of anilines is 1. The van der Waals surface area contributed by atoms with E-state index in [9.17, 15) is 31.1 Å². The van der Waals surface area contributed by atoms with E-state index in [0.29, 0.717) is 16.9 Å². The van der Waals surface area contributed by atoms with Crippen molar-refractivity contribution in [3.8, 4) is 10.6 Å². The Hall–Kier alpha value is -2.11. The van der Waals surface area contributed by atoms with Crippen LogP contribution in [0.15, 0.2) is 6.20 Å². The van der Waals surface area contributed by atoms with Crippen molar-refractivity contribution in [3.63, 3.8) is 0 Å². The van der Waals surface area contributed by atoms with Crippen molar-refractivity contribution in [3.05, 3.63) is 16.8 Å². The number of amides is 1. The van der Waals surface area contributed by atoms with Gasteiger partial charge >= 0.3 is 12.4 Å². The zero-order valence-corrected chi connectivity index (χ0v) is 17.2. The number of hydrogen-bond acceptors (Lipinski definition) is 4. The molecule has 1 aliphatic rings. The number of aromatic nitrogens is 3. The average Bonchev–Trinajstić information content (AvgIpc) is 3.11. The molecule has 12 heteroatoms. The maximum atomic E-state index is 13.1. The number of halogens is 6. The minimum absolute atomic E-state index is 0.0453. The lowest BCUT2D eigenvalue weighted by Gasteiger charge is -2.28. The van der Waals surface area contributed by atoms with Crippen LogP contribution < -0.4 is 5.32 Å². The van der Waals surface area contributed by atoms with E-state index in [1.165, 1.54) is 11.7 Å². The highest BCUT2D eigenvalue weighted by Gasteiger charge is 2.48. The number of thiazole rings is 1. The summed E-state index contributed by atoms with van der Waals surface area (Å²) in [5, 5.41) is 5.75. The van der Waals surface area contributed by atoms with Crippen LogP contribution in [0.1, 0.15) is 56.0 Å². The van der Waals surface area contributed by atoms with E-state index >= 15 is 0 Å². The molecule has 0 atom stereocenters. The van der Waals surface area contributed by atoms with Crippen molar-refractivity contribution in [1.82, 2.24) is 14.8 Å². The van der Waals surface area contributed by atoms with Gasteiger partial charge in [-0.05, 0) is 18.8 Å². The Morgan fingerprint density at radius 1 is 1.23 bits per heavy atom. The van der Waals surface area contributed by atoms with Gasteiger partial charge in [0.1, 0.15) is 11.5 Å². The smallest absolute Gasteiger partial charge is 0.311 e. The van der Waals surface area contributed by atoms with Gasteiger partial charge in [-0.15, -0.1) is 11.3 Å². The largest absolute Gasteiger partial charge is 0.443 e. The van der Waals surface area contributed by atoms with Gasteiger partial charge in [0.05, 0.1) is 10.3 Å². The van der Waals surface area contributed by atoms with Gasteiger partial charge in [0.15, 0.2) is 5.01 Å². The third kappa shape index (κ3) is 4.33. The van der Waals surface area contributed by atoms with E-state index in [2.05, 4.69) is 15.4 Å². The van der Waals surface area contributed by atoms with Gasteiger partial charge in [0.2, 0.25) is 5.91 Å². The van der Waals surface area contributed by atoms with Gasteiger partial charge in [-0.2, -0.15) is 31.4 Å². The standard InChI is InChI=1S/C18H20F6N4OS/c1-16(2,18(22,23)24)7-11(29)26-14-12(9-5-4-6-9)13(27-28(14)3)10-8-25-15(30-10)17(19,20)21/h8-9H,4-7H2,1-3H3,(H,26,29). The molecule has 0 bridgehead atoms. The Kier molecular flexibility index (Phi) is 5.67. The Morgan fingerprint density at radius 2 is 1.87 bits per heavy atom. The SMILES string of the molecule is Cn1nc(-c2cnc(C(F)(F)F)s2)c(C2CCC2)c1NC(=O)CC(C)(C)C(F)(F)F. The fourth-order valence-electron chi connectivity index (χ4n) is 3.15. The molecule has 1 fully saturated rings. The topological polar surface area (TPSA) is 59.8 Å². The quantitative estimate of drug-likeness (QED) is 0.586. The van der Waals surface area contributed by atoms with Gasteiger partial charge in [-0.1, -0.05) is 20.3 Å². The van der Waals surface area contributed by atoms with Crippen LogP contribution in [0.3, 0.4) is 0 Å². The number of aryl methyl sites for hydroxylation is 1. The fourth-order valence-corrected chi connectivity index (χ4v) is 3.93. The molecular weight excluding hydrogens is 434 g/mol. The summed E-state index contributed by atoms with van der Waals surface area (Å²) in [5.41, 5.74) is -1.42. The molecule has 0 aromatic carbocycles. The molecule has 30 heavy (non-hydrogen) atoms. The van der Waals surface area contributed by atoms with Crippen LogP contribution in [-0.4, -0.2) is 26.8 Å². The zero-order chi connectivity index (χ0) is 22.5. The molecule has 3 rings (SSSR count). The van der Waals surface area contributed by atoms with Gasteiger partial charge in [0.25, 0.3) is 0 Å². The molecule has 0 aliphatic heterocycles. The first-order valence-electron chi connectivity index (χ1n) is 9.17. The number of nitrogens with one attached hydrogen (secondary N) is 1. The Morgan fingerprint density at radius 3 is 2.33 bits per heavy atom. The molecule has 1 amide bonds. The summed E-state index contributed by atoms with van der Waals surface area (Å²) < 4.78 is 79.4. The summed E-state index contributed by atoms with van der Waals surface area (Å²) in [6.07, 6.45) is -6.45. The molecule has 1 aliphatic carbocycles. The van der Waals surface area contributed by atoms with E-state index < -0.39 is 35.1 Å². The van der Waals surface area contributed by atoms with Crippen molar-refractivity contribution < 1.29 is 31.1 Å². The van der Waals surface area contributed by atoms with Crippen LogP contribution in [-0.2, 0) is 18.0 Å². The summed E-state index contributed by atoms with van der Waals surface area (Å²) in [6.45, 7) is 1.87. The van der Waals surface area contributed by atoms with E-state index in [0.717, 1.165) is 39.3 Å². The average molecular weight is 454 g/mol. The van der Waals surface area contributed by atoms with Crippen molar-refractivity contribution in [2.75, 3.05) is 5.32 Å². The third-order valence-corrected chi connectivity index (χ3v) is 6.26. The third-order valence-electron chi connectivity index (χ3n) is 5.21. The van der Waals surface area contributed by atoms with Crippen LogP contribution in [0.2, 0.25) is 0 Å². The van der Waals surface area contributed by atoms with Crippen molar-refractivity contribution in [2.45, 2.75) is 57.8 Å². The number of hydrogen-bond donors (Lipinski definition) is 1. The summed E-state index contributed by atoms with van der Waals surface area (Å²) in [4.78, 5) is 16.0. The normalized spacial score (nSPS) is 15.9. The molecule has 0 unspecified atom stereocenters. The minimum Gasteiger partial charge on any atom is -0.311 e. The minimum atomic E-state index is -4.59. The highest BCUT2D eigenvalue weighted by molar-refractivity contribution is 7.15. The van der Waals surface area contributed by atoms with Gasteiger partial charge in [-0.25, -0.2) is 4.98 Å². The molecule has 1 N–H and O–H groups in total. The molecule has 2 aromatic rings. The molecule has 0 spiro atoms. The van der Waals surface area contributed by atoms with E-state index in [-0.39, 0.29) is 22.3 Å². The van der Waals surface area contributed by atoms with E-state index in [1.54, 1.807) is 0 Å². The summed E-state index contributed by atoms with van der Waals surface area (Å²) in [7, 11) is 1.49. The van der Waals surface area contributed by atoms with Crippen molar-refractivity contribution in [1.29, 1.82) is 0 Å². The first-order chi connectivity index (χ1) is 13.7. The van der Waals surface area contributed by atoms with Gasteiger partial charge in [0, 0.05) is 25.2 Å². The van der Waals surface area contributed by atoms with Gasteiger partial charge in [-0.3, -0.25) is 9.48 Å². The first kappa shape index (κ1) is 22.6. The number of alkyl halides is 6. The number of carbonyl (C=O) groups excluding carboxylic acids is 1. The second kappa shape index (κ2) is 7.54.